The van der Waals surface area contributed by atoms with Crippen molar-refractivity contribution in [3.8, 4) is 11.3 Å². The second kappa shape index (κ2) is 19.9. The molecule has 1 heterocycles. The first-order valence-corrected chi connectivity index (χ1v) is 8.47. The van der Waals surface area contributed by atoms with E-state index < -0.39 is 0 Å². The zero-order valence-electron chi connectivity index (χ0n) is 15.7. The van der Waals surface area contributed by atoms with Crippen LogP contribution in [0.1, 0.15) is 69.0 Å². The number of nitrogens with zero attached hydrogens (tertiary/aromatic N) is 1. The molecule has 0 saturated carbocycles. The second-order valence-corrected chi connectivity index (χ2v) is 3.98. The maximum Gasteiger partial charge on any atom is 0.135 e. The van der Waals surface area contributed by atoms with Crippen LogP contribution in [0.25, 0.3) is 11.3 Å². The minimum absolute atomic E-state index is 0. The molecule has 0 saturated heterocycles. The Balaban J connectivity index is -0.000000250. The van der Waals surface area contributed by atoms with Crippen molar-refractivity contribution in [3.05, 3.63) is 48.2 Å². The Labute approximate surface area is 156 Å². The van der Waals surface area contributed by atoms with Crippen molar-refractivity contribution >= 4 is 11.5 Å². The van der Waals surface area contributed by atoms with Crippen molar-refractivity contribution in [1.29, 1.82) is 0 Å². The Morgan fingerprint density at radius 1 is 0.880 bits per heavy atom. The topological polar surface area (TPSA) is 56.0 Å². The average Bonchev–Trinajstić information content (AvgIpc) is 2.62. The zero-order chi connectivity index (χ0) is 18.3. The van der Waals surface area contributed by atoms with Gasteiger partial charge in [0.15, 0.2) is 0 Å². The monoisotopic (exact) mass is 348 g/mol. The molecule has 0 aliphatic carbocycles. The molecule has 0 spiro atoms. The highest BCUT2D eigenvalue weighted by Crippen LogP contribution is 2.20. The summed E-state index contributed by atoms with van der Waals surface area (Å²) < 4.78 is 0. The molecular weight excluding hydrogens is 308 g/mol. The maximum absolute atomic E-state index is 11.1. The number of hydrogen-bond acceptors (Lipinski definition) is 3. The van der Waals surface area contributed by atoms with Crippen molar-refractivity contribution in [2.75, 3.05) is 5.73 Å². The average molecular weight is 349 g/mol. The Kier molecular flexibility index (Phi) is 24.4. The van der Waals surface area contributed by atoms with Crippen molar-refractivity contribution in [3.63, 3.8) is 0 Å². The van der Waals surface area contributed by atoms with Gasteiger partial charge < -0.3 is 5.73 Å². The highest BCUT2D eigenvalue weighted by atomic mass is 16.1. The van der Waals surface area contributed by atoms with Crippen LogP contribution < -0.4 is 5.73 Å². The van der Waals surface area contributed by atoms with E-state index in [0.717, 1.165) is 11.3 Å². The number of anilines is 1. The third-order valence-electron chi connectivity index (χ3n) is 2.50. The lowest BCUT2D eigenvalue weighted by Crippen LogP contribution is -2.04. The van der Waals surface area contributed by atoms with Gasteiger partial charge in [0.1, 0.15) is 5.78 Å². The van der Waals surface area contributed by atoms with Gasteiger partial charge in [0.05, 0.1) is 23.5 Å². The van der Waals surface area contributed by atoms with Crippen molar-refractivity contribution in [1.82, 2.24) is 4.98 Å². The van der Waals surface area contributed by atoms with Gasteiger partial charge in [-0.2, -0.15) is 0 Å². The number of hydrogen-bond donors (Lipinski definition) is 1. The van der Waals surface area contributed by atoms with Gasteiger partial charge in [-0.1, -0.05) is 86.7 Å². The van der Waals surface area contributed by atoms with Crippen molar-refractivity contribution < 1.29 is 4.79 Å². The molecule has 3 heteroatoms. The molecule has 0 aliphatic rings. The highest BCUT2D eigenvalue weighted by Gasteiger charge is 2.06. The molecule has 2 N–H and O–H groups in total. The molecule has 0 fully saturated rings. The highest BCUT2D eigenvalue weighted by molar-refractivity contribution is 5.79. The number of carbonyl (C=O) groups is 1. The summed E-state index contributed by atoms with van der Waals surface area (Å²) in [5.41, 5.74) is 8.89. The Hall–Kier alpha value is -2.16. The van der Waals surface area contributed by atoms with E-state index in [2.05, 4.69) is 4.98 Å². The molecule has 0 aliphatic heterocycles. The number of carbonyl (C=O) groups excluding carboxylic acids is 1. The van der Waals surface area contributed by atoms with E-state index >= 15 is 0 Å². The molecule has 2 aromatic rings. The Morgan fingerprint density at radius 2 is 1.36 bits per heavy atom. The van der Waals surface area contributed by atoms with Crippen LogP contribution in [-0.4, -0.2) is 10.8 Å². The summed E-state index contributed by atoms with van der Waals surface area (Å²) in [6.07, 6.45) is 0.284. The van der Waals surface area contributed by atoms with Gasteiger partial charge >= 0.3 is 0 Å². The Bertz CT molecular complexity index is 537. The van der Waals surface area contributed by atoms with Gasteiger partial charge in [0.25, 0.3) is 0 Å². The molecule has 0 amide bonds. The summed E-state index contributed by atoms with van der Waals surface area (Å²) >= 11 is 0. The standard InChI is InChI=1S/C14H14N2O.3C2H6.2CH4/c1-10(17)9-14-12(15)7-8-13(16-14)11-5-3-2-4-6-11;3*1-2;;/h2-8H,9,15H2,1H3;3*1-2H3;2*1H4. The van der Waals surface area contributed by atoms with E-state index in [1.54, 1.807) is 6.07 Å². The molecule has 0 radical (unpaired) electrons. The van der Waals surface area contributed by atoms with Crippen LogP contribution in [0.5, 0.6) is 0 Å². The number of ketones is 1. The number of nitrogen functional groups attached to an aromatic ring is 1. The summed E-state index contributed by atoms with van der Waals surface area (Å²) in [4.78, 5) is 15.6. The number of rotatable bonds is 3. The van der Waals surface area contributed by atoms with Crippen molar-refractivity contribution in [2.45, 2.75) is 69.7 Å². The molecule has 1 aromatic heterocycles. The van der Waals surface area contributed by atoms with E-state index in [-0.39, 0.29) is 27.1 Å². The minimum atomic E-state index is 0. The van der Waals surface area contributed by atoms with Gasteiger partial charge in [0.2, 0.25) is 0 Å². The third kappa shape index (κ3) is 11.9. The number of Topliss-reactive ketones (excluding diaryl/α,β-unsaturated/α-hetero) is 1. The quantitative estimate of drug-likeness (QED) is 0.662. The molecule has 3 nitrogen and oxygen atoms in total. The number of aromatic nitrogens is 1. The van der Waals surface area contributed by atoms with Crippen LogP contribution in [0.15, 0.2) is 42.5 Å². The zero-order valence-corrected chi connectivity index (χ0v) is 15.7. The van der Waals surface area contributed by atoms with Gasteiger partial charge in [-0.15, -0.1) is 0 Å². The molecule has 1 aromatic carbocycles. The number of nitrogens with two attached hydrogens (primary N) is 1. The first kappa shape index (κ1) is 30.7. The lowest BCUT2D eigenvalue weighted by molar-refractivity contribution is -0.116. The molecule has 144 valence electrons. The van der Waals surface area contributed by atoms with E-state index in [1.807, 2.05) is 77.9 Å². The Morgan fingerprint density at radius 3 is 1.80 bits per heavy atom. The SMILES string of the molecule is C.C.CC.CC.CC.CC(=O)Cc1nc(-c2ccccc2)ccc1N. The summed E-state index contributed by atoms with van der Waals surface area (Å²) in [5, 5.41) is 0. The molecule has 2 rings (SSSR count). The number of pyridine rings is 1. The largest absolute Gasteiger partial charge is 0.397 e. The number of benzene rings is 1. The summed E-state index contributed by atoms with van der Waals surface area (Å²) in [6.45, 7) is 13.5. The first-order valence-electron chi connectivity index (χ1n) is 8.47. The van der Waals surface area contributed by atoms with Crippen LogP contribution in [0.2, 0.25) is 0 Å². The van der Waals surface area contributed by atoms with Gasteiger partial charge in [-0.3, -0.25) is 9.78 Å². The first-order chi connectivity index (χ1) is 11.2. The van der Waals surface area contributed by atoms with Crippen LogP contribution in [0.3, 0.4) is 0 Å². The normalized spacial score (nSPS) is 7.64. The molecule has 0 unspecified atom stereocenters. The summed E-state index contributed by atoms with van der Waals surface area (Å²) in [7, 11) is 0. The van der Waals surface area contributed by atoms with Crippen LogP contribution in [0.4, 0.5) is 5.69 Å². The predicted molar refractivity (Wildman–Crippen MR) is 116 cm³/mol. The van der Waals surface area contributed by atoms with Gasteiger partial charge in [-0.05, 0) is 19.1 Å². The molecule has 0 bridgehead atoms. The maximum atomic E-state index is 11.1. The van der Waals surface area contributed by atoms with Gasteiger partial charge in [-0.25, -0.2) is 0 Å². The fraction of sp³-hybridized carbons (Fsp3) is 0.455. The lowest BCUT2D eigenvalue weighted by Gasteiger charge is -2.06. The minimum Gasteiger partial charge on any atom is -0.397 e. The lowest BCUT2D eigenvalue weighted by atomic mass is 10.1. The van der Waals surface area contributed by atoms with E-state index in [9.17, 15) is 4.79 Å². The fourth-order valence-electron chi connectivity index (χ4n) is 1.66. The second-order valence-electron chi connectivity index (χ2n) is 3.98. The smallest absolute Gasteiger partial charge is 0.135 e. The molecular formula is C22H40N2O. The summed E-state index contributed by atoms with van der Waals surface area (Å²) in [6, 6.07) is 13.5. The van der Waals surface area contributed by atoms with Crippen LogP contribution >= 0.6 is 0 Å². The fourth-order valence-corrected chi connectivity index (χ4v) is 1.66. The van der Waals surface area contributed by atoms with Gasteiger partial charge in [0, 0.05) is 5.56 Å². The third-order valence-corrected chi connectivity index (χ3v) is 2.50. The van der Waals surface area contributed by atoms with Crippen LogP contribution in [-0.2, 0) is 11.2 Å². The summed E-state index contributed by atoms with van der Waals surface area (Å²) in [5.74, 6) is 0.0643. The van der Waals surface area contributed by atoms with Crippen molar-refractivity contribution in [2.24, 2.45) is 0 Å². The molecule has 25 heavy (non-hydrogen) atoms. The van der Waals surface area contributed by atoms with Crippen LogP contribution in [0, 0.1) is 0 Å². The van der Waals surface area contributed by atoms with E-state index in [0.29, 0.717) is 11.4 Å². The molecule has 0 atom stereocenters. The van der Waals surface area contributed by atoms with E-state index in [1.165, 1.54) is 6.92 Å². The predicted octanol–water partition coefficient (Wildman–Crippen LogP) is 6.81. The van der Waals surface area contributed by atoms with E-state index in [4.69, 9.17) is 5.73 Å².